The van der Waals surface area contributed by atoms with Gasteiger partial charge in [0.2, 0.25) is 5.76 Å². The van der Waals surface area contributed by atoms with E-state index < -0.39 is 64.6 Å². The van der Waals surface area contributed by atoms with Gasteiger partial charge < -0.3 is 28.4 Å². The molecule has 2 heterocycles. The van der Waals surface area contributed by atoms with Crippen LogP contribution in [0.1, 0.15) is 61.3 Å². The van der Waals surface area contributed by atoms with Crippen molar-refractivity contribution >= 4 is 29.7 Å². The van der Waals surface area contributed by atoms with E-state index in [0.29, 0.717) is 12.8 Å². The maximum Gasteiger partial charge on any atom is 0.514 e. The van der Waals surface area contributed by atoms with Crippen LogP contribution < -0.4 is 10.1 Å². The van der Waals surface area contributed by atoms with E-state index >= 15 is 0 Å². The molecule has 0 radical (unpaired) electrons. The number of aliphatic imine (C=N–C) groups is 1. The van der Waals surface area contributed by atoms with E-state index in [-0.39, 0.29) is 23.0 Å². The minimum Gasteiger partial charge on any atom is -0.479 e. The standard InChI is InChI=1S/C29H39N3O11/c1-16-20(30-17(2)31-26(34)43-28(3,4)5)15-22(25(33)38-8)40-23(16)24(21-13-14-29(6,7)42-21)41-27(35)39-19-11-9-18(10-12-19)32(36)37/h9-12,15-16,20-21,23-24H,13-14H2,1-8H3,(H,30,31,34)/t16-,20+,21-,23-,24-/m1/s1. The van der Waals surface area contributed by atoms with Crippen molar-refractivity contribution in [2.24, 2.45) is 10.9 Å². The number of methoxy groups -OCH3 is 1. The van der Waals surface area contributed by atoms with Gasteiger partial charge in [-0.3, -0.25) is 20.4 Å². The van der Waals surface area contributed by atoms with Crippen molar-refractivity contribution in [1.82, 2.24) is 5.32 Å². The second kappa shape index (κ2) is 13.4. The first-order chi connectivity index (χ1) is 20.0. The molecule has 0 saturated carbocycles. The van der Waals surface area contributed by atoms with Gasteiger partial charge in [0.25, 0.3) is 5.69 Å². The molecule has 2 aliphatic heterocycles. The number of rotatable bonds is 7. The van der Waals surface area contributed by atoms with E-state index in [1.165, 1.54) is 37.5 Å². The zero-order valence-electron chi connectivity index (χ0n) is 25.6. The number of carbonyl (C=O) groups excluding carboxylic acids is 3. The molecule has 0 spiro atoms. The molecule has 1 fully saturated rings. The fourth-order valence-corrected chi connectivity index (χ4v) is 4.71. The van der Waals surface area contributed by atoms with Crippen LogP contribution in [0.15, 0.2) is 41.1 Å². The van der Waals surface area contributed by atoms with Crippen LogP contribution in [0.25, 0.3) is 0 Å². The van der Waals surface area contributed by atoms with Crippen LogP contribution in [-0.4, -0.2) is 71.6 Å². The number of nitro groups is 1. The summed E-state index contributed by atoms with van der Waals surface area (Å²) in [6.45, 7) is 12.4. The highest BCUT2D eigenvalue weighted by atomic mass is 16.7. The largest absolute Gasteiger partial charge is 0.514 e. The van der Waals surface area contributed by atoms with Crippen LogP contribution in [0.3, 0.4) is 0 Å². The van der Waals surface area contributed by atoms with Gasteiger partial charge in [-0.2, -0.15) is 0 Å². The molecule has 0 bridgehead atoms. The van der Waals surface area contributed by atoms with E-state index in [0.717, 1.165) is 0 Å². The normalized spacial score (nSPS) is 24.1. The molecule has 2 aliphatic rings. The molecule has 1 amide bonds. The lowest BCUT2D eigenvalue weighted by atomic mass is 9.87. The molecule has 3 rings (SSSR count). The topological polar surface area (TPSA) is 174 Å². The average Bonchev–Trinajstić information content (AvgIpc) is 3.26. The number of carbonyl (C=O) groups is 3. The predicted octanol–water partition coefficient (Wildman–Crippen LogP) is 4.84. The highest BCUT2D eigenvalue weighted by Gasteiger charge is 2.48. The van der Waals surface area contributed by atoms with Crippen LogP contribution in [0.4, 0.5) is 15.3 Å². The fourth-order valence-electron chi connectivity index (χ4n) is 4.71. The van der Waals surface area contributed by atoms with Crippen LogP contribution in [0, 0.1) is 16.0 Å². The third kappa shape index (κ3) is 9.40. The number of nitrogens with zero attached hydrogens (tertiary/aromatic N) is 2. The molecule has 43 heavy (non-hydrogen) atoms. The van der Waals surface area contributed by atoms with Gasteiger partial charge in [0.15, 0.2) is 6.10 Å². The number of nitrogens with one attached hydrogen (secondary N) is 1. The molecule has 236 valence electrons. The zero-order chi connectivity index (χ0) is 32.1. The van der Waals surface area contributed by atoms with Crippen LogP contribution in [-0.2, 0) is 28.5 Å². The molecule has 1 aromatic rings. The SMILES string of the molecule is COC(=O)C1=C[C@H](N=C(C)NC(=O)OC(C)(C)C)[C@@H](C)[C@H]([C@H](OC(=O)Oc2ccc([N+](=O)[O-])cc2)[C@H]2CCC(C)(C)O2)O1. The Morgan fingerprint density at radius 3 is 2.37 bits per heavy atom. The Balaban J connectivity index is 1.90. The van der Waals surface area contributed by atoms with Crippen LogP contribution >= 0.6 is 0 Å². The molecular formula is C29H39N3O11. The molecular weight excluding hydrogens is 566 g/mol. The van der Waals surface area contributed by atoms with Crippen molar-refractivity contribution in [3.05, 3.63) is 46.2 Å². The fraction of sp³-hybridized carbons (Fsp3) is 0.586. The first kappa shape index (κ1) is 33.3. The molecule has 1 saturated heterocycles. The third-order valence-corrected chi connectivity index (χ3v) is 6.73. The van der Waals surface area contributed by atoms with E-state index in [4.69, 9.17) is 28.4 Å². The Kier molecular flexibility index (Phi) is 10.4. The van der Waals surface area contributed by atoms with Gasteiger partial charge in [0.05, 0.1) is 29.8 Å². The lowest BCUT2D eigenvalue weighted by molar-refractivity contribution is -0.384. The van der Waals surface area contributed by atoms with Crippen molar-refractivity contribution in [2.45, 2.75) is 96.9 Å². The van der Waals surface area contributed by atoms with Gasteiger partial charge in [-0.1, -0.05) is 6.92 Å². The number of non-ortho nitro benzene ring substituents is 1. The van der Waals surface area contributed by atoms with Crippen LogP contribution in [0.5, 0.6) is 5.75 Å². The first-order valence-electron chi connectivity index (χ1n) is 13.8. The number of nitro benzene ring substituents is 1. The van der Waals surface area contributed by atoms with Crippen molar-refractivity contribution in [2.75, 3.05) is 7.11 Å². The van der Waals surface area contributed by atoms with E-state index in [1.807, 2.05) is 13.8 Å². The van der Waals surface area contributed by atoms with E-state index in [1.54, 1.807) is 34.6 Å². The molecule has 0 aromatic heterocycles. The first-order valence-corrected chi connectivity index (χ1v) is 13.8. The van der Waals surface area contributed by atoms with Gasteiger partial charge in [-0.05, 0) is 72.6 Å². The highest BCUT2D eigenvalue weighted by Crippen LogP contribution is 2.38. The van der Waals surface area contributed by atoms with E-state index in [2.05, 4.69) is 10.3 Å². The summed E-state index contributed by atoms with van der Waals surface area (Å²) in [5, 5.41) is 13.5. The zero-order valence-corrected chi connectivity index (χ0v) is 25.6. The number of benzene rings is 1. The maximum absolute atomic E-state index is 13.0. The smallest absolute Gasteiger partial charge is 0.479 e. The summed E-state index contributed by atoms with van der Waals surface area (Å²) in [4.78, 5) is 52.9. The maximum atomic E-state index is 13.0. The summed E-state index contributed by atoms with van der Waals surface area (Å²) >= 11 is 0. The van der Waals surface area contributed by atoms with Crippen molar-refractivity contribution in [3.8, 4) is 5.75 Å². The number of esters is 1. The van der Waals surface area contributed by atoms with Crippen molar-refractivity contribution in [3.63, 3.8) is 0 Å². The Morgan fingerprint density at radius 1 is 1.19 bits per heavy atom. The summed E-state index contributed by atoms with van der Waals surface area (Å²) in [5.41, 5.74) is -1.41. The molecule has 14 heteroatoms. The number of ether oxygens (including phenoxy) is 6. The molecule has 0 unspecified atom stereocenters. The van der Waals surface area contributed by atoms with Crippen molar-refractivity contribution in [1.29, 1.82) is 0 Å². The summed E-state index contributed by atoms with van der Waals surface area (Å²) in [6.07, 6.45) is -1.79. The van der Waals surface area contributed by atoms with Gasteiger partial charge in [0.1, 0.15) is 23.3 Å². The minimum absolute atomic E-state index is 0.0288. The lowest BCUT2D eigenvalue weighted by Crippen LogP contribution is -2.51. The number of amidine groups is 1. The quantitative estimate of drug-likeness (QED) is 0.0856. The van der Waals surface area contributed by atoms with Crippen LogP contribution in [0.2, 0.25) is 0 Å². The number of amides is 1. The van der Waals surface area contributed by atoms with Gasteiger partial charge >= 0.3 is 18.2 Å². The Bertz CT molecular complexity index is 1270. The summed E-state index contributed by atoms with van der Waals surface area (Å²) in [7, 11) is 1.20. The van der Waals surface area contributed by atoms with Crippen molar-refractivity contribution < 1.29 is 47.7 Å². The lowest BCUT2D eigenvalue weighted by Gasteiger charge is -2.39. The summed E-state index contributed by atoms with van der Waals surface area (Å²) < 4.78 is 33.5. The minimum atomic E-state index is -1.10. The van der Waals surface area contributed by atoms with Gasteiger partial charge in [0, 0.05) is 18.1 Å². The average molecular weight is 606 g/mol. The number of hydrogen-bond donors (Lipinski definition) is 1. The Morgan fingerprint density at radius 2 is 1.84 bits per heavy atom. The molecule has 1 aromatic carbocycles. The second-order valence-corrected chi connectivity index (χ2v) is 11.9. The number of alkyl carbamates (subject to hydrolysis) is 1. The summed E-state index contributed by atoms with van der Waals surface area (Å²) in [6, 6.07) is 4.21. The Hall–Kier alpha value is -4.20. The molecule has 5 atom stereocenters. The van der Waals surface area contributed by atoms with Gasteiger partial charge in [-0.25, -0.2) is 14.4 Å². The van der Waals surface area contributed by atoms with Gasteiger partial charge in [-0.15, -0.1) is 0 Å². The predicted molar refractivity (Wildman–Crippen MR) is 153 cm³/mol. The molecule has 1 N–H and O–H groups in total. The monoisotopic (exact) mass is 605 g/mol. The highest BCUT2D eigenvalue weighted by molar-refractivity contribution is 5.94. The third-order valence-electron chi connectivity index (χ3n) is 6.73. The molecule has 14 nitrogen and oxygen atoms in total. The molecule has 0 aliphatic carbocycles. The summed E-state index contributed by atoms with van der Waals surface area (Å²) in [5.74, 6) is -1.18. The van der Waals surface area contributed by atoms with E-state index in [9.17, 15) is 24.5 Å². The Labute approximate surface area is 249 Å². The second-order valence-electron chi connectivity index (χ2n) is 11.9. The number of hydrogen-bond acceptors (Lipinski definition) is 12.